The van der Waals surface area contributed by atoms with E-state index >= 15 is 0 Å². The van der Waals surface area contributed by atoms with Crippen LogP contribution in [-0.2, 0) is 13.6 Å². The zero-order valence-electron chi connectivity index (χ0n) is 13.7. The molecule has 5 nitrogen and oxygen atoms in total. The fourth-order valence-electron chi connectivity index (χ4n) is 2.44. The second-order valence-corrected chi connectivity index (χ2v) is 5.96. The average Bonchev–Trinajstić information content (AvgIpc) is 2.90. The number of nitrogens with one attached hydrogen (secondary N) is 1. The summed E-state index contributed by atoms with van der Waals surface area (Å²) in [5, 5.41) is 7.24. The Balaban J connectivity index is 2.01. The summed E-state index contributed by atoms with van der Waals surface area (Å²) >= 11 is 0. The van der Waals surface area contributed by atoms with Crippen LogP contribution < -0.4 is 5.32 Å². The molecule has 2 amide bonds. The lowest BCUT2D eigenvalue weighted by Crippen LogP contribution is -2.40. The number of nitrogens with zero attached hydrogens (tertiary/aromatic N) is 3. The van der Waals surface area contributed by atoms with Crippen molar-refractivity contribution < 1.29 is 4.79 Å². The maximum absolute atomic E-state index is 12.4. The molecule has 0 aliphatic rings. The molecule has 0 saturated heterocycles. The minimum absolute atomic E-state index is 0.00467. The molecule has 0 saturated carbocycles. The van der Waals surface area contributed by atoms with Crippen molar-refractivity contribution >= 4 is 6.03 Å². The van der Waals surface area contributed by atoms with Gasteiger partial charge in [-0.15, -0.1) is 0 Å². The zero-order chi connectivity index (χ0) is 16.1. The predicted octanol–water partition coefficient (Wildman–Crippen LogP) is 2.96. The van der Waals surface area contributed by atoms with Crippen LogP contribution in [0.5, 0.6) is 0 Å². The van der Waals surface area contributed by atoms with Crippen molar-refractivity contribution in [3.63, 3.8) is 0 Å². The van der Waals surface area contributed by atoms with E-state index in [-0.39, 0.29) is 12.1 Å². The number of aryl methyl sites for hydroxylation is 1. The Morgan fingerprint density at radius 3 is 2.55 bits per heavy atom. The number of aromatic nitrogens is 2. The maximum atomic E-state index is 12.4. The lowest BCUT2D eigenvalue weighted by Gasteiger charge is -2.26. The molecule has 1 heterocycles. The van der Waals surface area contributed by atoms with Crippen LogP contribution in [0.2, 0.25) is 0 Å². The van der Waals surface area contributed by atoms with E-state index in [0.717, 1.165) is 11.1 Å². The van der Waals surface area contributed by atoms with E-state index in [4.69, 9.17) is 0 Å². The number of benzene rings is 1. The van der Waals surface area contributed by atoms with Gasteiger partial charge in [-0.3, -0.25) is 4.68 Å². The van der Waals surface area contributed by atoms with Gasteiger partial charge in [0.25, 0.3) is 0 Å². The first-order valence-electron chi connectivity index (χ1n) is 7.51. The molecule has 0 fully saturated rings. The molecule has 118 valence electrons. The first-order valence-corrected chi connectivity index (χ1v) is 7.51. The molecule has 0 aliphatic heterocycles. The van der Waals surface area contributed by atoms with Crippen molar-refractivity contribution in [2.45, 2.75) is 26.4 Å². The van der Waals surface area contributed by atoms with Gasteiger partial charge >= 0.3 is 6.03 Å². The number of hydrogen-bond acceptors (Lipinski definition) is 2. The van der Waals surface area contributed by atoms with E-state index in [2.05, 4.69) is 24.3 Å². The van der Waals surface area contributed by atoms with Crippen LogP contribution in [0.1, 0.15) is 31.0 Å². The van der Waals surface area contributed by atoms with Crippen molar-refractivity contribution in [3.8, 4) is 0 Å². The molecule has 5 heteroatoms. The third kappa shape index (κ3) is 4.10. The lowest BCUT2D eigenvalue weighted by atomic mass is 9.96. The fourth-order valence-corrected chi connectivity index (χ4v) is 2.44. The van der Waals surface area contributed by atoms with E-state index < -0.39 is 0 Å². The minimum atomic E-state index is -0.0774. The monoisotopic (exact) mass is 300 g/mol. The number of urea groups is 1. The van der Waals surface area contributed by atoms with Gasteiger partial charge in [-0.05, 0) is 11.5 Å². The van der Waals surface area contributed by atoms with Gasteiger partial charge in [0.1, 0.15) is 0 Å². The van der Waals surface area contributed by atoms with Crippen LogP contribution >= 0.6 is 0 Å². The van der Waals surface area contributed by atoms with Gasteiger partial charge in [-0.25, -0.2) is 4.79 Å². The molecule has 0 unspecified atom stereocenters. The quantitative estimate of drug-likeness (QED) is 0.923. The number of rotatable bonds is 5. The minimum Gasteiger partial charge on any atom is -0.331 e. The molecule has 0 spiro atoms. The molecular formula is C17H24N4O. The molecular weight excluding hydrogens is 276 g/mol. The summed E-state index contributed by atoms with van der Waals surface area (Å²) in [6.45, 7) is 4.76. The summed E-state index contributed by atoms with van der Waals surface area (Å²) in [5.74, 6) is 0.318. The van der Waals surface area contributed by atoms with Gasteiger partial charge in [0.05, 0.1) is 18.8 Å². The first kappa shape index (κ1) is 16.1. The molecule has 0 aliphatic carbocycles. The molecule has 1 atom stereocenters. The van der Waals surface area contributed by atoms with Crippen LogP contribution in [0.25, 0.3) is 0 Å². The Morgan fingerprint density at radius 1 is 1.32 bits per heavy atom. The molecule has 0 radical (unpaired) electrons. The van der Waals surface area contributed by atoms with Gasteiger partial charge in [0, 0.05) is 25.9 Å². The number of carbonyl (C=O) groups is 1. The Labute approximate surface area is 131 Å². The van der Waals surface area contributed by atoms with Gasteiger partial charge < -0.3 is 10.2 Å². The summed E-state index contributed by atoms with van der Waals surface area (Å²) in [6.07, 6.45) is 3.70. The predicted molar refractivity (Wildman–Crippen MR) is 87.2 cm³/mol. The van der Waals surface area contributed by atoms with Crippen LogP contribution in [-0.4, -0.2) is 27.8 Å². The van der Waals surface area contributed by atoms with Gasteiger partial charge in [-0.1, -0.05) is 44.2 Å². The summed E-state index contributed by atoms with van der Waals surface area (Å²) in [6, 6.07) is 10.00. The number of amides is 2. The van der Waals surface area contributed by atoms with Crippen molar-refractivity contribution in [1.82, 2.24) is 20.0 Å². The number of hydrogen-bond donors (Lipinski definition) is 1. The van der Waals surface area contributed by atoms with Crippen molar-refractivity contribution in [1.29, 1.82) is 0 Å². The summed E-state index contributed by atoms with van der Waals surface area (Å²) in [5.41, 5.74) is 2.14. The topological polar surface area (TPSA) is 50.2 Å². The second-order valence-electron chi connectivity index (χ2n) is 5.96. The van der Waals surface area contributed by atoms with Crippen LogP contribution in [0.3, 0.4) is 0 Å². The highest BCUT2D eigenvalue weighted by Gasteiger charge is 2.20. The highest BCUT2D eigenvalue weighted by Crippen LogP contribution is 2.21. The summed E-state index contributed by atoms with van der Waals surface area (Å²) < 4.78 is 1.74. The molecule has 1 N–H and O–H groups in total. The Morgan fingerprint density at radius 2 is 2.00 bits per heavy atom. The van der Waals surface area contributed by atoms with Crippen molar-refractivity contribution in [3.05, 3.63) is 53.9 Å². The average molecular weight is 300 g/mol. The smallest absolute Gasteiger partial charge is 0.317 e. The number of carbonyl (C=O) groups excluding carboxylic acids is 1. The fraction of sp³-hybridized carbons (Fsp3) is 0.412. The Hall–Kier alpha value is -2.30. The maximum Gasteiger partial charge on any atom is 0.317 e. The lowest BCUT2D eigenvalue weighted by molar-refractivity contribution is 0.199. The summed E-state index contributed by atoms with van der Waals surface area (Å²) in [7, 11) is 3.67. The molecule has 1 aromatic carbocycles. The van der Waals surface area contributed by atoms with Crippen LogP contribution in [0.4, 0.5) is 4.79 Å². The van der Waals surface area contributed by atoms with E-state index in [1.54, 1.807) is 22.8 Å². The standard InChI is InChI=1S/C17H24N4O/c1-13(2)16(15-8-6-5-7-9-15)19-17(22)20(3)11-14-10-18-21(4)12-14/h5-10,12-13,16H,11H2,1-4H3,(H,19,22)/t16-/m1/s1. The van der Waals surface area contributed by atoms with E-state index in [1.807, 2.05) is 43.6 Å². The summed E-state index contributed by atoms with van der Waals surface area (Å²) in [4.78, 5) is 14.1. The van der Waals surface area contributed by atoms with Crippen molar-refractivity contribution in [2.24, 2.45) is 13.0 Å². The van der Waals surface area contributed by atoms with E-state index in [0.29, 0.717) is 12.5 Å². The molecule has 0 bridgehead atoms. The highest BCUT2D eigenvalue weighted by molar-refractivity contribution is 5.74. The molecule has 2 rings (SSSR count). The normalized spacial score (nSPS) is 12.2. The zero-order valence-corrected chi connectivity index (χ0v) is 13.7. The van der Waals surface area contributed by atoms with E-state index in [1.165, 1.54) is 0 Å². The SMILES string of the molecule is CC(C)[C@@H](NC(=O)N(C)Cc1cnn(C)c1)c1ccccc1. The molecule has 1 aromatic heterocycles. The van der Waals surface area contributed by atoms with Crippen molar-refractivity contribution in [2.75, 3.05) is 7.05 Å². The van der Waals surface area contributed by atoms with E-state index in [9.17, 15) is 4.79 Å². The molecule has 22 heavy (non-hydrogen) atoms. The third-order valence-corrected chi connectivity index (χ3v) is 3.63. The molecule has 2 aromatic rings. The largest absolute Gasteiger partial charge is 0.331 e. The third-order valence-electron chi connectivity index (χ3n) is 3.63. The first-order chi connectivity index (χ1) is 10.5. The van der Waals surface area contributed by atoms with Crippen LogP contribution in [0, 0.1) is 5.92 Å². The van der Waals surface area contributed by atoms with Gasteiger partial charge in [0.2, 0.25) is 0 Å². The van der Waals surface area contributed by atoms with Gasteiger partial charge in [-0.2, -0.15) is 5.10 Å². The highest BCUT2D eigenvalue weighted by atomic mass is 16.2. The van der Waals surface area contributed by atoms with Crippen LogP contribution in [0.15, 0.2) is 42.7 Å². The Bertz CT molecular complexity index is 606. The second kappa shape index (κ2) is 7.11. The Kier molecular flexibility index (Phi) is 5.20. The van der Waals surface area contributed by atoms with Gasteiger partial charge in [0.15, 0.2) is 0 Å².